The summed E-state index contributed by atoms with van der Waals surface area (Å²) in [5, 5.41) is 8.68. The van der Waals surface area contributed by atoms with Gasteiger partial charge < -0.3 is 15.4 Å². The van der Waals surface area contributed by atoms with Gasteiger partial charge in [0.2, 0.25) is 0 Å². The highest BCUT2D eigenvalue weighted by molar-refractivity contribution is 4.98. The maximum Gasteiger partial charge on any atom is 0.125 e. The third-order valence-electron chi connectivity index (χ3n) is 1.86. The van der Waals surface area contributed by atoms with Gasteiger partial charge in [-0.05, 0) is 13.3 Å². The topological polar surface area (TPSA) is 64.1 Å². The van der Waals surface area contributed by atoms with Crippen LogP contribution in [0.15, 0.2) is 12.4 Å². The SMILES string of the molecule is CCn1ccnc1C(N)CCO. The van der Waals surface area contributed by atoms with Gasteiger partial charge in [0.25, 0.3) is 0 Å². The van der Waals surface area contributed by atoms with Crippen molar-refractivity contribution in [2.75, 3.05) is 6.61 Å². The van der Waals surface area contributed by atoms with Crippen LogP contribution in [0.3, 0.4) is 0 Å². The van der Waals surface area contributed by atoms with Crippen molar-refractivity contribution in [3.8, 4) is 0 Å². The van der Waals surface area contributed by atoms with E-state index in [-0.39, 0.29) is 12.6 Å². The molecule has 0 saturated heterocycles. The summed E-state index contributed by atoms with van der Waals surface area (Å²) < 4.78 is 1.99. The summed E-state index contributed by atoms with van der Waals surface area (Å²) in [6.45, 7) is 3.02. The van der Waals surface area contributed by atoms with Crippen LogP contribution in [0.2, 0.25) is 0 Å². The molecule has 0 radical (unpaired) electrons. The summed E-state index contributed by atoms with van der Waals surface area (Å²) in [5.41, 5.74) is 5.78. The van der Waals surface area contributed by atoms with E-state index < -0.39 is 0 Å². The van der Waals surface area contributed by atoms with E-state index in [0.29, 0.717) is 6.42 Å². The maximum absolute atomic E-state index is 8.68. The lowest BCUT2D eigenvalue weighted by Crippen LogP contribution is -2.17. The Hall–Kier alpha value is -0.870. The second kappa shape index (κ2) is 4.23. The van der Waals surface area contributed by atoms with Crippen molar-refractivity contribution in [2.24, 2.45) is 5.73 Å². The Morgan fingerprint density at radius 2 is 2.50 bits per heavy atom. The summed E-state index contributed by atoms with van der Waals surface area (Å²) in [6.07, 6.45) is 4.19. The lowest BCUT2D eigenvalue weighted by molar-refractivity contribution is 0.273. The Labute approximate surface area is 72.0 Å². The van der Waals surface area contributed by atoms with Gasteiger partial charge in [0.15, 0.2) is 0 Å². The molecule has 1 aromatic rings. The number of aryl methyl sites for hydroxylation is 1. The summed E-state index contributed by atoms with van der Waals surface area (Å²) in [7, 11) is 0. The van der Waals surface area contributed by atoms with Crippen molar-refractivity contribution in [2.45, 2.75) is 25.9 Å². The first-order valence-electron chi connectivity index (χ1n) is 4.17. The van der Waals surface area contributed by atoms with Crippen molar-refractivity contribution in [1.29, 1.82) is 0 Å². The van der Waals surface area contributed by atoms with Gasteiger partial charge in [0.1, 0.15) is 5.82 Å². The molecular formula is C8H15N3O. The molecule has 0 aliphatic carbocycles. The van der Waals surface area contributed by atoms with Gasteiger partial charge in [-0.3, -0.25) is 0 Å². The molecule has 1 rings (SSSR count). The monoisotopic (exact) mass is 169 g/mol. The first kappa shape index (κ1) is 9.22. The zero-order chi connectivity index (χ0) is 8.97. The Bertz CT molecular complexity index is 234. The number of imidazole rings is 1. The molecule has 0 bridgehead atoms. The molecule has 68 valence electrons. The van der Waals surface area contributed by atoms with Crippen molar-refractivity contribution < 1.29 is 5.11 Å². The Kier molecular flexibility index (Phi) is 3.25. The first-order chi connectivity index (χ1) is 5.79. The highest BCUT2D eigenvalue weighted by Gasteiger charge is 2.10. The van der Waals surface area contributed by atoms with Crippen LogP contribution in [0.4, 0.5) is 0 Å². The van der Waals surface area contributed by atoms with Gasteiger partial charge in [-0.15, -0.1) is 0 Å². The normalized spacial score (nSPS) is 13.2. The lowest BCUT2D eigenvalue weighted by Gasteiger charge is -2.10. The number of aromatic nitrogens is 2. The molecule has 0 aromatic carbocycles. The van der Waals surface area contributed by atoms with E-state index in [1.165, 1.54) is 0 Å². The molecule has 3 N–H and O–H groups in total. The quantitative estimate of drug-likeness (QED) is 0.680. The van der Waals surface area contributed by atoms with Gasteiger partial charge >= 0.3 is 0 Å². The summed E-state index contributed by atoms with van der Waals surface area (Å²) in [6, 6.07) is -0.148. The van der Waals surface area contributed by atoms with Gasteiger partial charge in [-0.25, -0.2) is 4.98 Å². The number of hydrogen-bond acceptors (Lipinski definition) is 3. The van der Waals surface area contributed by atoms with Crippen LogP contribution in [-0.2, 0) is 6.54 Å². The van der Waals surface area contributed by atoms with Gasteiger partial charge in [0.05, 0.1) is 6.04 Å². The number of nitrogens with two attached hydrogens (primary N) is 1. The lowest BCUT2D eigenvalue weighted by atomic mass is 10.2. The van der Waals surface area contributed by atoms with Crippen LogP contribution in [0, 0.1) is 0 Å². The molecule has 1 aromatic heterocycles. The third kappa shape index (κ3) is 1.84. The standard InChI is InChI=1S/C8H15N3O/c1-2-11-5-4-10-8(11)7(9)3-6-12/h4-5,7,12H,2-3,6,9H2,1H3. The summed E-state index contributed by atoms with van der Waals surface area (Å²) in [4.78, 5) is 4.13. The van der Waals surface area contributed by atoms with E-state index in [2.05, 4.69) is 4.98 Å². The van der Waals surface area contributed by atoms with Crippen molar-refractivity contribution in [3.63, 3.8) is 0 Å². The Morgan fingerprint density at radius 1 is 1.75 bits per heavy atom. The molecular weight excluding hydrogens is 154 g/mol. The number of nitrogens with zero attached hydrogens (tertiary/aromatic N) is 2. The van der Waals surface area contributed by atoms with Crippen LogP contribution in [0.25, 0.3) is 0 Å². The fourth-order valence-electron chi connectivity index (χ4n) is 1.19. The number of aliphatic hydroxyl groups is 1. The van der Waals surface area contributed by atoms with Crippen LogP contribution in [0.1, 0.15) is 25.2 Å². The molecule has 4 nitrogen and oxygen atoms in total. The average Bonchev–Trinajstić information content (AvgIpc) is 2.51. The molecule has 1 unspecified atom stereocenters. The van der Waals surface area contributed by atoms with Crippen LogP contribution in [-0.4, -0.2) is 21.3 Å². The molecule has 0 amide bonds. The minimum Gasteiger partial charge on any atom is -0.396 e. The van der Waals surface area contributed by atoms with Crippen LogP contribution >= 0.6 is 0 Å². The van der Waals surface area contributed by atoms with Gasteiger partial charge in [-0.1, -0.05) is 0 Å². The van der Waals surface area contributed by atoms with Crippen molar-refractivity contribution in [1.82, 2.24) is 9.55 Å². The minimum atomic E-state index is -0.148. The fraction of sp³-hybridized carbons (Fsp3) is 0.625. The summed E-state index contributed by atoms with van der Waals surface area (Å²) in [5.74, 6) is 0.853. The highest BCUT2D eigenvalue weighted by Crippen LogP contribution is 2.10. The number of hydrogen-bond donors (Lipinski definition) is 2. The number of aliphatic hydroxyl groups excluding tert-OH is 1. The molecule has 4 heteroatoms. The van der Waals surface area contributed by atoms with Crippen molar-refractivity contribution in [3.05, 3.63) is 18.2 Å². The smallest absolute Gasteiger partial charge is 0.125 e. The van der Waals surface area contributed by atoms with E-state index in [4.69, 9.17) is 10.8 Å². The molecule has 0 saturated carbocycles. The van der Waals surface area contributed by atoms with Crippen LogP contribution < -0.4 is 5.73 Å². The first-order valence-corrected chi connectivity index (χ1v) is 4.17. The van der Waals surface area contributed by atoms with E-state index in [0.717, 1.165) is 12.4 Å². The van der Waals surface area contributed by atoms with E-state index >= 15 is 0 Å². The second-order valence-electron chi connectivity index (χ2n) is 2.69. The molecule has 0 aliphatic heterocycles. The maximum atomic E-state index is 8.68. The second-order valence-corrected chi connectivity index (χ2v) is 2.69. The molecule has 1 heterocycles. The zero-order valence-electron chi connectivity index (χ0n) is 7.27. The van der Waals surface area contributed by atoms with Crippen molar-refractivity contribution >= 4 is 0 Å². The molecule has 0 aliphatic rings. The Morgan fingerprint density at radius 3 is 3.08 bits per heavy atom. The predicted octanol–water partition coefficient (Wildman–Crippen LogP) is 0.285. The number of rotatable bonds is 4. The molecule has 12 heavy (non-hydrogen) atoms. The minimum absolute atomic E-state index is 0.109. The average molecular weight is 169 g/mol. The van der Waals surface area contributed by atoms with E-state index in [1.54, 1.807) is 6.20 Å². The molecule has 0 fully saturated rings. The Balaban J connectivity index is 2.71. The molecule has 0 spiro atoms. The van der Waals surface area contributed by atoms with Gasteiger partial charge in [0, 0.05) is 25.5 Å². The summed E-state index contributed by atoms with van der Waals surface area (Å²) >= 11 is 0. The fourth-order valence-corrected chi connectivity index (χ4v) is 1.19. The molecule has 1 atom stereocenters. The predicted molar refractivity (Wildman–Crippen MR) is 46.5 cm³/mol. The van der Waals surface area contributed by atoms with E-state index in [1.807, 2.05) is 17.7 Å². The highest BCUT2D eigenvalue weighted by atomic mass is 16.3. The van der Waals surface area contributed by atoms with Gasteiger partial charge in [-0.2, -0.15) is 0 Å². The zero-order valence-corrected chi connectivity index (χ0v) is 7.27. The largest absolute Gasteiger partial charge is 0.396 e. The van der Waals surface area contributed by atoms with Crippen LogP contribution in [0.5, 0.6) is 0 Å². The third-order valence-corrected chi connectivity index (χ3v) is 1.86. The van der Waals surface area contributed by atoms with E-state index in [9.17, 15) is 0 Å².